The molecule has 0 saturated heterocycles. The zero-order valence-corrected chi connectivity index (χ0v) is 12.8. The number of para-hydroxylation sites is 1. The summed E-state index contributed by atoms with van der Waals surface area (Å²) >= 11 is 1.52. The van der Waals surface area contributed by atoms with E-state index in [-0.39, 0.29) is 0 Å². The molecule has 3 rings (SSSR count). The maximum absolute atomic E-state index is 9.14. The lowest BCUT2D eigenvalue weighted by atomic mass is 10.1. The second-order valence-corrected chi connectivity index (χ2v) is 5.66. The van der Waals surface area contributed by atoms with Gasteiger partial charge < -0.3 is 0 Å². The summed E-state index contributed by atoms with van der Waals surface area (Å²) < 4.78 is 1.73. The van der Waals surface area contributed by atoms with Crippen LogP contribution >= 0.6 is 11.8 Å². The van der Waals surface area contributed by atoms with E-state index in [1.165, 1.54) is 11.8 Å². The summed E-state index contributed by atoms with van der Waals surface area (Å²) in [4.78, 5) is 0. The first-order chi connectivity index (χ1) is 10.8. The number of tetrazole rings is 1. The minimum atomic E-state index is 0.649. The Morgan fingerprint density at radius 2 is 1.91 bits per heavy atom. The standard InChI is InChI=1S/C16H13N5S/c1-12-6-2-5-9-15(12)21-16(18-19-20-21)22-11-14-8-4-3-7-13(14)10-17/h2-9H,11H2,1H3. The largest absolute Gasteiger partial charge is 0.214 e. The van der Waals surface area contributed by atoms with E-state index in [1.54, 1.807) is 4.68 Å². The Kier molecular flexibility index (Phi) is 4.17. The Bertz CT molecular complexity index is 834. The molecule has 0 fully saturated rings. The fourth-order valence-electron chi connectivity index (χ4n) is 2.12. The molecule has 0 bridgehead atoms. The lowest BCUT2D eigenvalue weighted by molar-refractivity contribution is 0.752. The summed E-state index contributed by atoms with van der Waals surface area (Å²) in [6.07, 6.45) is 0. The molecular formula is C16H13N5S. The summed E-state index contributed by atoms with van der Waals surface area (Å²) in [7, 11) is 0. The average Bonchev–Trinajstić information content (AvgIpc) is 3.02. The molecule has 0 aliphatic carbocycles. The molecule has 0 saturated carbocycles. The van der Waals surface area contributed by atoms with Crippen molar-refractivity contribution in [2.45, 2.75) is 17.8 Å². The lowest BCUT2D eigenvalue weighted by Gasteiger charge is -2.07. The van der Waals surface area contributed by atoms with E-state index in [4.69, 9.17) is 5.26 Å². The van der Waals surface area contributed by atoms with Crippen LogP contribution in [0.15, 0.2) is 53.7 Å². The van der Waals surface area contributed by atoms with E-state index in [1.807, 2.05) is 55.5 Å². The summed E-state index contributed by atoms with van der Waals surface area (Å²) in [6.45, 7) is 2.02. The zero-order valence-electron chi connectivity index (χ0n) is 12.0. The number of thioether (sulfide) groups is 1. The quantitative estimate of drug-likeness (QED) is 0.693. The first kappa shape index (κ1) is 14.3. The van der Waals surface area contributed by atoms with Gasteiger partial charge in [0.15, 0.2) is 0 Å². The Balaban J connectivity index is 1.85. The van der Waals surface area contributed by atoms with E-state index in [0.717, 1.165) is 16.8 Å². The van der Waals surface area contributed by atoms with Gasteiger partial charge in [0.05, 0.1) is 17.3 Å². The molecule has 2 aromatic carbocycles. The minimum Gasteiger partial charge on any atom is -0.192 e. The Labute approximate surface area is 132 Å². The van der Waals surface area contributed by atoms with Crippen LogP contribution < -0.4 is 0 Å². The van der Waals surface area contributed by atoms with E-state index in [9.17, 15) is 0 Å². The number of hydrogen-bond donors (Lipinski definition) is 0. The molecule has 0 amide bonds. The first-order valence-corrected chi connectivity index (χ1v) is 7.73. The molecule has 0 radical (unpaired) electrons. The number of hydrogen-bond acceptors (Lipinski definition) is 5. The molecule has 0 N–H and O–H groups in total. The van der Waals surface area contributed by atoms with Crippen LogP contribution in [0.25, 0.3) is 5.69 Å². The predicted molar refractivity (Wildman–Crippen MR) is 84.6 cm³/mol. The normalized spacial score (nSPS) is 10.4. The van der Waals surface area contributed by atoms with Crippen LogP contribution in [0.2, 0.25) is 0 Å². The van der Waals surface area contributed by atoms with Crippen LogP contribution in [-0.2, 0) is 5.75 Å². The van der Waals surface area contributed by atoms with Crippen molar-refractivity contribution >= 4 is 11.8 Å². The number of benzene rings is 2. The van der Waals surface area contributed by atoms with Crippen LogP contribution in [0.5, 0.6) is 0 Å². The average molecular weight is 307 g/mol. The molecule has 0 aliphatic rings. The second-order valence-electron chi connectivity index (χ2n) is 4.72. The predicted octanol–water partition coefficient (Wildman–Crippen LogP) is 3.13. The molecule has 1 heterocycles. The highest BCUT2D eigenvalue weighted by molar-refractivity contribution is 7.98. The van der Waals surface area contributed by atoms with Gasteiger partial charge in [-0.15, -0.1) is 5.10 Å². The number of rotatable bonds is 4. The van der Waals surface area contributed by atoms with Gasteiger partial charge in [-0.05, 0) is 40.6 Å². The van der Waals surface area contributed by atoms with Crippen molar-refractivity contribution in [2.75, 3.05) is 0 Å². The van der Waals surface area contributed by atoms with Crippen molar-refractivity contribution in [1.29, 1.82) is 5.26 Å². The van der Waals surface area contributed by atoms with Crippen LogP contribution in [-0.4, -0.2) is 20.2 Å². The molecule has 22 heavy (non-hydrogen) atoms. The van der Waals surface area contributed by atoms with Gasteiger partial charge in [-0.25, -0.2) is 0 Å². The molecule has 5 nitrogen and oxygen atoms in total. The SMILES string of the molecule is Cc1ccccc1-n1nnnc1SCc1ccccc1C#N. The van der Waals surface area contributed by atoms with Gasteiger partial charge in [0.2, 0.25) is 5.16 Å². The van der Waals surface area contributed by atoms with Crippen LogP contribution in [0.1, 0.15) is 16.7 Å². The van der Waals surface area contributed by atoms with Gasteiger partial charge >= 0.3 is 0 Å². The smallest absolute Gasteiger partial charge is 0.192 e. The van der Waals surface area contributed by atoms with E-state index < -0.39 is 0 Å². The fraction of sp³-hybridized carbons (Fsp3) is 0.125. The molecule has 0 aliphatic heterocycles. The second kappa shape index (κ2) is 6.41. The van der Waals surface area contributed by atoms with Gasteiger partial charge in [-0.3, -0.25) is 0 Å². The number of nitrogens with zero attached hydrogens (tertiary/aromatic N) is 5. The van der Waals surface area contributed by atoms with Crippen LogP contribution in [0.4, 0.5) is 0 Å². The fourth-order valence-corrected chi connectivity index (χ4v) is 3.01. The summed E-state index contributed by atoms with van der Waals surface area (Å²) in [6, 6.07) is 17.7. The van der Waals surface area contributed by atoms with Gasteiger partial charge in [-0.2, -0.15) is 9.94 Å². The van der Waals surface area contributed by atoms with Gasteiger partial charge in [0.25, 0.3) is 0 Å². The highest BCUT2D eigenvalue weighted by atomic mass is 32.2. The van der Waals surface area contributed by atoms with Gasteiger partial charge in [0.1, 0.15) is 0 Å². The third-order valence-electron chi connectivity index (χ3n) is 3.28. The van der Waals surface area contributed by atoms with E-state index in [2.05, 4.69) is 21.6 Å². The molecule has 0 atom stereocenters. The third-order valence-corrected chi connectivity index (χ3v) is 4.25. The van der Waals surface area contributed by atoms with Crippen LogP contribution in [0, 0.1) is 18.3 Å². The summed E-state index contributed by atoms with van der Waals surface area (Å²) in [5.74, 6) is 0.649. The van der Waals surface area contributed by atoms with Crippen molar-refractivity contribution in [3.63, 3.8) is 0 Å². The van der Waals surface area contributed by atoms with Crippen molar-refractivity contribution in [2.24, 2.45) is 0 Å². The highest BCUT2D eigenvalue weighted by Gasteiger charge is 2.11. The summed E-state index contributed by atoms with van der Waals surface area (Å²) in [5, 5.41) is 21.8. The minimum absolute atomic E-state index is 0.649. The number of aryl methyl sites for hydroxylation is 1. The van der Waals surface area contributed by atoms with Crippen LogP contribution in [0.3, 0.4) is 0 Å². The topological polar surface area (TPSA) is 67.4 Å². The molecule has 6 heteroatoms. The number of nitriles is 1. The molecular weight excluding hydrogens is 294 g/mol. The third kappa shape index (κ3) is 2.85. The zero-order chi connectivity index (χ0) is 15.4. The molecule has 0 spiro atoms. The van der Waals surface area contributed by atoms with Crippen molar-refractivity contribution in [1.82, 2.24) is 20.2 Å². The monoisotopic (exact) mass is 307 g/mol. The number of aromatic nitrogens is 4. The summed E-state index contributed by atoms with van der Waals surface area (Å²) in [5.41, 5.74) is 3.73. The Hall–Kier alpha value is -2.65. The van der Waals surface area contributed by atoms with Crippen molar-refractivity contribution in [3.05, 3.63) is 65.2 Å². The highest BCUT2D eigenvalue weighted by Crippen LogP contribution is 2.24. The van der Waals surface area contributed by atoms with E-state index in [0.29, 0.717) is 16.5 Å². The molecule has 1 aromatic heterocycles. The van der Waals surface area contributed by atoms with E-state index >= 15 is 0 Å². The maximum atomic E-state index is 9.14. The molecule has 108 valence electrons. The first-order valence-electron chi connectivity index (χ1n) is 6.75. The Morgan fingerprint density at radius 1 is 1.14 bits per heavy atom. The Morgan fingerprint density at radius 3 is 2.73 bits per heavy atom. The lowest BCUT2D eigenvalue weighted by Crippen LogP contribution is -2.01. The molecule has 0 unspecified atom stereocenters. The van der Waals surface area contributed by atoms with Crippen molar-refractivity contribution < 1.29 is 0 Å². The van der Waals surface area contributed by atoms with Crippen molar-refractivity contribution in [3.8, 4) is 11.8 Å². The van der Waals surface area contributed by atoms with Gasteiger partial charge in [-0.1, -0.05) is 48.2 Å². The maximum Gasteiger partial charge on any atom is 0.214 e. The van der Waals surface area contributed by atoms with Gasteiger partial charge in [0, 0.05) is 5.75 Å². The molecule has 3 aromatic rings.